The van der Waals surface area contributed by atoms with Gasteiger partial charge in [-0.25, -0.2) is 0 Å². The molecule has 0 aliphatic rings. The van der Waals surface area contributed by atoms with Crippen LogP contribution in [0, 0.1) is 0 Å². The molecule has 0 aliphatic carbocycles. The van der Waals surface area contributed by atoms with Gasteiger partial charge >= 0.3 is 5.97 Å². The molecule has 0 saturated carbocycles. The van der Waals surface area contributed by atoms with Crippen molar-refractivity contribution in [3.8, 4) is 0 Å². The Hall–Kier alpha value is -2.17. The number of carboxylic acids is 1. The van der Waals surface area contributed by atoms with E-state index in [4.69, 9.17) is 9.63 Å². The van der Waals surface area contributed by atoms with E-state index in [1.807, 2.05) is 18.2 Å². The zero-order valence-corrected chi connectivity index (χ0v) is 12.4. The van der Waals surface area contributed by atoms with E-state index in [9.17, 15) is 4.79 Å². The van der Waals surface area contributed by atoms with Gasteiger partial charge in [-0.1, -0.05) is 49.3 Å². The van der Waals surface area contributed by atoms with Crippen molar-refractivity contribution in [2.75, 3.05) is 0 Å². The summed E-state index contributed by atoms with van der Waals surface area (Å²) in [5.41, 5.74) is 0.868. The third-order valence-electron chi connectivity index (χ3n) is 3.98. The van der Waals surface area contributed by atoms with Gasteiger partial charge in [0.1, 0.15) is 0 Å². The molecule has 1 N–H and O–H groups in total. The maximum Gasteiger partial charge on any atom is 0.303 e. The number of benzene rings is 1. The summed E-state index contributed by atoms with van der Waals surface area (Å²) in [6.07, 6.45) is 1.97. The Kier molecular flexibility index (Phi) is 4.73. The number of aryl methyl sites for hydroxylation is 1. The second kappa shape index (κ2) is 6.52. The molecule has 2 rings (SSSR count). The first-order valence-electron chi connectivity index (χ1n) is 7.22. The van der Waals surface area contributed by atoms with Gasteiger partial charge in [-0.05, 0) is 18.4 Å². The minimum absolute atomic E-state index is 0.00177. The first kappa shape index (κ1) is 15.2. The van der Waals surface area contributed by atoms with Crippen LogP contribution in [-0.2, 0) is 16.6 Å². The Morgan fingerprint density at radius 3 is 2.48 bits per heavy atom. The summed E-state index contributed by atoms with van der Waals surface area (Å²) in [5.74, 6) is 0.156. The van der Waals surface area contributed by atoms with Gasteiger partial charge in [0.25, 0.3) is 0 Å². The second-order valence-electron chi connectivity index (χ2n) is 5.06. The van der Waals surface area contributed by atoms with Crippen LogP contribution in [0.25, 0.3) is 0 Å². The third-order valence-corrected chi connectivity index (χ3v) is 3.98. The topological polar surface area (TPSA) is 76.2 Å². The molecule has 1 heterocycles. The van der Waals surface area contributed by atoms with Crippen LogP contribution >= 0.6 is 0 Å². The Morgan fingerprint density at radius 1 is 1.24 bits per heavy atom. The Labute approximate surface area is 124 Å². The number of rotatable bonds is 7. The van der Waals surface area contributed by atoms with Crippen molar-refractivity contribution in [3.05, 3.63) is 47.6 Å². The SMILES string of the molecule is CCC(CC)(c1ccccc1)c1noc(CCC(=O)O)n1. The molecule has 0 atom stereocenters. The number of hydrogen-bond acceptors (Lipinski definition) is 4. The number of aromatic nitrogens is 2. The monoisotopic (exact) mass is 288 g/mol. The lowest BCUT2D eigenvalue weighted by atomic mass is 9.75. The van der Waals surface area contributed by atoms with Crippen molar-refractivity contribution in [2.45, 2.75) is 44.9 Å². The molecule has 5 heteroatoms. The fourth-order valence-corrected chi connectivity index (χ4v) is 2.63. The lowest BCUT2D eigenvalue weighted by molar-refractivity contribution is -0.137. The molecule has 2 aromatic rings. The fourth-order valence-electron chi connectivity index (χ4n) is 2.63. The number of hydrogen-bond donors (Lipinski definition) is 1. The molecule has 0 bridgehead atoms. The summed E-state index contributed by atoms with van der Waals surface area (Å²) in [7, 11) is 0. The number of carboxylic acid groups (broad SMARTS) is 1. The Bertz CT molecular complexity index is 589. The van der Waals surface area contributed by atoms with E-state index in [2.05, 4.69) is 36.1 Å². The van der Waals surface area contributed by atoms with Gasteiger partial charge in [-0.15, -0.1) is 0 Å². The molecule has 0 unspecified atom stereocenters. The average molecular weight is 288 g/mol. The number of nitrogens with zero attached hydrogens (tertiary/aromatic N) is 2. The maximum absolute atomic E-state index is 10.6. The van der Waals surface area contributed by atoms with E-state index in [1.165, 1.54) is 0 Å². The molecular formula is C16H20N2O3. The van der Waals surface area contributed by atoms with Gasteiger partial charge in [0.2, 0.25) is 5.89 Å². The summed E-state index contributed by atoms with van der Waals surface area (Å²) in [5, 5.41) is 12.8. The first-order chi connectivity index (χ1) is 10.1. The largest absolute Gasteiger partial charge is 0.481 e. The third kappa shape index (κ3) is 3.12. The average Bonchev–Trinajstić information content (AvgIpc) is 2.98. The number of carbonyl (C=O) groups is 1. The molecule has 112 valence electrons. The maximum atomic E-state index is 10.6. The smallest absolute Gasteiger partial charge is 0.303 e. The van der Waals surface area contributed by atoms with Crippen LogP contribution < -0.4 is 0 Å². The standard InChI is InChI=1S/C16H20N2O3/c1-3-16(4-2,12-8-6-5-7-9-12)15-17-13(21-18-15)10-11-14(19)20/h5-9H,3-4,10-11H2,1-2H3,(H,19,20). The van der Waals surface area contributed by atoms with Crippen molar-refractivity contribution in [1.82, 2.24) is 10.1 Å². The molecule has 0 radical (unpaired) electrons. The normalized spacial score (nSPS) is 11.5. The molecule has 0 aliphatic heterocycles. The molecule has 0 spiro atoms. The second-order valence-corrected chi connectivity index (χ2v) is 5.06. The summed E-state index contributed by atoms with van der Waals surface area (Å²) in [6.45, 7) is 4.20. The van der Waals surface area contributed by atoms with Crippen LogP contribution in [0.5, 0.6) is 0 Å². The highest BCUT2D eigenvalue weighted by molar-refractivity contribution is 5.66. The lowest BCUT2D eigenvalue weighted by Crippen LogP contribution is -2.27. The van der Waals surface area contributed by atoms with Crippen LogP contribution in [0.2, 0.25) is 0 Å². The predicted molar refractivity (Wildman–Crippen MR) is 78.1 cm³/mol. The molecule has 0 fully saturated rings. The van der Waals surface area contributed by atoms with E-state index in [1.54, 1.807) is 0 Å². The highest BCUT2D eigenvalue weighted by Gasteiger charge is 2.35. The summed E-state index contributed by atoms with van der Waals surface area (Å²) < 4.78 is 5.22. The minimum Gasteiger partial charge on any atom is -0.481 e. The molecule has 0 amide bonds. The minimum atomic E-state index is -0.866. The molecule has 1 aromatic heterocycles. The van der Waals surface area contributed by atoms with Crippen molar-refractivity contribution in [1.29, 1.82) is 0 Å². The quantitative estimate of drug-likeness (QED) is 0.846. The van der Waals surface area contributed by atoms with E-state index >= 15 is 0 Å². The van der Waals surface area contributed by atoms with Gasteiger partial charge in [-0.2, -0.15) is 4.98 Å². The van der Waals surface area contributed by atoms with E-state index in [0.29, 0.717) is 11.7 Å². The summed E-state index contributed by atoms with van der Waals surface area (Å²) in [4.78, 5) is 15.1. The van der Waals surface area contributed by atoms with Crippen LogP contribution in [0.3, 0.4) is 0 Å². The number of aliphatic carboxylic acids is 1. The van der Waals surface area contributed by atoms with E-state index in [0.717, 1.165) is 18.4 Å². The van der Waals surface area contributed by atoms with Crippen molar-refractivity contribution >= 4 is 5.97 Å². The summed E-state index contributed by atoms with van der Waals surface area (Å²) in [6, 6.07) is 10.1. The predicted octanol–water partition coefficient (Wildman–Crippen LogP) is 3.19. The molecule has 1 aromatic carbocycles. The van der Waals surface area contributed by atoms with Crippen molar-refractivity contribution in [2.24, 2.45) is 0 Å². The van der Waals surface area contributed by atoms with E-state index < -0.39 is 5.97 Å². The molecule has 0 saturated heterocycles. The highest BCUT2D eigenvalue weighted by atomic mass is 16.5. The van der Waals surface area contributed by atoms with Crippen LogP contribution in [0.1, 0.15) is 50.4 Å². The Balaban J connectivity index is 2.33. The molecule has 21 heavy (non-hydrogen) atoms. The van der Waals surface area contributed by atoms with Crippen molar-refractivity contribution < 1.29 is 14.4 Å². The van der Waals surface area contributed by atoms with Crippen LogP contribution in [-0.4, -0.2) is 21.2 Å². The van der Waals surface area contributed by atoms with Crippen molar-refractivity contribution in [3.63, 3.8) is 0 Å². The zero-order valence-electron chi connectivity index (χ0n) is 12.4. The summed E-state index contributed by atoms with van der Waals surface area (Å²) >= 11 is 0. The zero-order chi connectivity index (χ0) is 15.3. The van der Waals surface area contributed by atoms with Crippen LogP contribution in [0.4, 0.5) is 0 Å². The first-order valence-corrected chi connectivity index (χ1v) is 7.22. The van der Waals surface area contributed by atoms with Gasteiger partial charge in [0.05, 0.1) is 11.8 Å². The lowest BCUT2D eigenvalue weighted by Gasteiger charge is -2.28. The molecular weight excluding hydrogens is 268 g/mol. The van der Waals surface area contributed by atoms with E-state index in [-0.39, 0.29) is 18.3 Å². The Morgan fingerprint density at radius 2 is 1.90 bits per heavy atom. The molecule has 5 nitrogen and oxygen atoms in total. The van der Waals surface area contributed by atoms with Gasteiger partial charge in [-0.3, -0.25) is 4.79 Å². The fraction of sp³-hybridized carbons (Fsp3) is 0.438. The van der Waals surface area contributed by atoms with Gasteiger partial charge < -0.3 is 9.63 Å². The van der Waals surface area contributed by atoms with Crippen LogP contribution in [0.15, 0.2) is 34.9 Å². The van der Waals surface area contributed by atoms with Gasteiger partial charge in [0, 0.05) is 6.42 Å². The highest BCUT2D eigenvalue weighted by Crippen LogP contribution is 2.36. The van der Waals surface area contributed by atoms with Gasteiger partial charge in [0.15, 0.2) is 5.82 Å².